The van der Waals surface area contributed by atoms with Crippen molar-refractivity contribution < 1.29 is 14.4 Å². The monoisotopic (exact) mass is 386 g/mol. The Labute approximate surface area is 130 Å². The molecule has 0 fully saturated rings. The van der Waals surface area contributed by atoms with Crippen LogP contribution in [0.2, 0.25) is 0 Å². The van der Waals surface area contributed by atoms with Crippen molar-refractivity contribution in [1.29, 1.82) is 0 Å². The highest BCUT2D eigenvalue weighted by Crippen LogP contribution is 2.09. The smallest absolute Gasteiger partial charge is 0.325 e. The van der Waals surface area contributed by atoms with Crippen LogP contribution in [0.1, 0.15) is 12.5 Å². The number of carbonyl (C=O) groups excluding carboxylic acids is 2. The zero-order valence-corrected chi connectivity index (χ0v) is 13.1. The largest absolute Gasteiger partial charge is 0.361 e. The third-order valence-electron chi connectivity index (χ3n) is 2.61. The summed E-state index contributed by atoms with van der Waals surface area (Å²) in [5.41, 5.74) is 14.8. The Balaban J connectivity index is 2.87. The van der Waals surface area contributed by atoms with Gasteiger partial charge < -0.3 is 16.6 Å². The Morgan fingerprint density at radius 1 is 1.45 bits per heavy atom. The summed E-state index contributed by atoms with van der Waals surface area (Å²) < 4.78 is 1.07. The molecule has 7 heteroatoms. The fraction of sp³-hybridized carbons (Fsp3) is 0.308. The fourth-order valence-corrected chi connectivity index (χ4v) is 1.89. The standard InChI is InChI=1S/C13H15IN4O2/c1-8(15)13(20)18-11(12(19)7-17-16)6-9-2-4-10(14)5-3-9/h2-5,7-8,11H,6,15H2,1H3,(H,18,20)/t8-,11-/m0/s1. The minimum Gasteiger partial charge on any atom is -0.361 e. The number of ketones is 1. The summed E-state index contributed by atoms with van der Waals surface area (Å²) in [7, 11) is 0. The molecule has 0 unspecified atom stereocenters. The number of carbonyl (C=O) groups is 2. The van der Waals surface area contributed by atoms with Crippen LogP contribution in [0.25, 0.3) is 5.53 Å². The van der Waals surface area contributed by atoms with Crippen molar-refractivity contribution in [2.24, 2.45) is 5.73 Å². The van der Waals surface area contributed by atoms with Gasteiger partial charge in [-0.2, -0.15) is 4.79 Å². The molecule has 6 nitrogen and oxygen atoms in total. The van der Waals surface area contributed by atoms with Crippen LogP contribution in [-0.2, 0) is 16.0 Å². The first kappa shape index (κ1) is 16.5. The molecule has 0 heterocycles. The summed E-state index contributed by atoms with van der Waals surface area (Å²) in [6.07, 6.45) is 1.08. The average molecular weight is 386 g/mol. The van der Waals surface area contributed by atoms with Gasteiger partial charge in [0.05, 0.1) is 6.04 Å². The van der Waals surface area contributed by atoms with E-state index in [1.54, 1.807) is 0 Å². The van der Waals surface area contributed by atoms with E-state index >= 15 is 0 Å². The number of hydrogen-bond donors (Lipinski definition) is 2. The van der Waals surface area contributed by atoms with Gasteiger partial charge in [0.15, 0.2) is 0 Å². The summed E-state index contributed by atoms with van der Waals surface area (Å²) in [5, 5.41) is 2.55. The van der Waals surface area contributed by atoms with Gasteiger partial charge in [-0.15, -0.1) is 0 Å². The lowest BCUT2D eigenvalue weighted by atomic mass is 10.0. The van der Waals surface area contributed by atoms with Gasteiger partial charge in [-0.3, -0.25) is 9.59 Å². The van der Waals surface area contributed by atoms with E-state index in [-0.39, 0.29) is 0 Å². The van der Waals surface area contributed by atoms with Crippen molar-refractivity contribution in [2.45, 2.75) is 25.4 Å². The van der Waals surface area contributed by atoms with E-state index in [0.29, 0.717) is 6.42 Å². The molecule has 0 aliphatic carbocycles. The molecular formula is C13H15IN4O2. The summed E-state index contributed by atoms with van der Waals surface area (Å²) in [6.45, 7) is 1.53. The number of nitrogens with two attached hydrogens (primary N) is 1. The highest BCUT2D eigenvalue weighted by Gasteiger charge is 2.23. The molecule has 1 aromatic carbocycles. The van der Waals surface area contributed by atoms with Crippen LogP contribution in [0.15, 0.2) is 24.3 Å². The van der Waals surface area contributed by atoms with Gasteiger partial charge in [0.1, 0.15) is 6.04 Å². The molecule has 0 spiro atoms. The lowest BCUT2D eigenvalue weighted by Gasteiger charge is -2.16. The van der Waals surface area contributed by atoms with Gasteiger partial charge in [-0.25, -0.2) is 0 Å². The number of benzene rings is 1. The van der Waals surface area contributed by atoms with Gasteiger partial charge in [0.25, 0.3) is 5.78 Å². The van der Waals surface area contributed by atoms with Crippen LogP contribution in [0.5, 0.6) is 0 Å². The molecule has 1 rings (SSSR count). The van der Waals surface area contributed by atoms with Crippen LogP contribution < -0.4 is 11.1 Å². The lowest BCUT2D eigenvalue weighted by Crippen LogP contribution is -2.48. The number of amides is 1. The molecule has 0 bridgehead atoms. The van der Waals surface area contributed by atoms with Crippen LogP contribution >= 0.6 is 22.6 Å². The predicted octanol–water partition coefficient (Wildman–Crippen LogP) is 0.535. The van der Waals surface area contributed by atoms with Gasteiger partial charge in [0, 0.05) is 9.99 Å². The van der Waals surface area contributed by atoms with Crippen molar-refractivity contribution in [3.8, 4) is 0 Å². The first-order valence-electron chi connectivity index (χ1n) is 5.95. The van der Waals surface area contributed by atoms with Crippen LogP contribution in [0.3, 0.4) is 0 Å². The van der Waals surface area contributed by atoms with E-state index in [1.807, 2.05) is 24.3 Å². The predicted molar refractivity (Wildman–Crippen MR) is 83.1 cm³/mol. The topological polar surface area (TPSA) is 109 Å². The summed E-state index contributed by atoms with van der Waals surface area (Å²) >= 11 is 2.18. The maximum Gasteiger partial charge on any atom is 0.325 e. The minimum absolute atomic E-state index is 0.306. The van der Waals surface area contributed by atoms with E-state index in [2.05, 4.69) is 32.7 Å². The quantitative estimate of drug-likeness (QED) is 0.322. The molecule has 0 aliphatic rings. The van der Waals surface area contributed by atoms with Crippen molar-refractivity contribution in [3.63, 3.8) is 0 Å². The van der Waals surface area contributed by atoms with Gasteiger partial charge in [-0.1, -0.05) is 12.1 Å². The number of nitrogens with one attached hydrogen (secondary N) is 1. The van der Waals surface area contributed by atoms with E-state index in [1.165, 1.54) is 6.92 Å². The Kier molecular flexibility index (Phi) is 6.50. The number of rotatable bonds is 6. The first-order chi connectivity index (χ1) is 9.43. The number of Topliss-reactive ketones (excluding diaryl/α,β-unsaturated/α-hetero) is 1. The Hall–Kier alpha value is -1.57. The third-order valence-corrected chi connectivity index (χ3v) is 3.33. The van der Waals surface area contributed by atoms with Crippen molar-refractivity contribution in [1.82, 2.24) is 5.32 Å². The molecule has 0 saturated heterocycles. The van der Waals surface area contributed by atoms with Gasteiger partial charge in [-0.05, 0) is 47.2 Å². The number of hydrogen-bond acceptors (Lipinski definition) is 3. The molecular weight excluding hydrogens is 371 g/mol. The lowest BCUT2D eigenvalue weighted by molar-refractivity contribution is -0.126. The second-order valence-electron chi connectivity index (χ2n) is 4.33. The Morgan fingerprint density at radius 2 is 2.05 bits per heavy atom. The zero-order chi connectivity index (χ0) is 15.1. The summed E-state index contributed by atoms with van der Waals surface area (Å²) in [6, 6.07) is 6.04. The van der Waals surface area contributed by atoms with Crippen molar-refractivity contribution in [3.05, 3.63) is 38.9 Å². The van der Waals surface area contributed by atoms with Crippen LogP contribution in [0, 0.1) is 3.57 Å². The van der Waals surface area contributed by atoms with E-state index in [9.17, 15) is 9.59 Å². The molecule has 0 saturated carbocycles. The maximum absolute atomic E-state index is 11.8. The highest BCUT2D eigenvalue weighted by molar-refractivity contribution is 14.1. The normalized spacial score (nSPS) is 12.9. The molecule has 20 heavy (non-hydrogen) atoms. The Bertz CT molecular complexity index is 536. The highest BCUT2D eigenvalue weighted by atomic mass is 127. The molecule has 1 amide bonds. The second-order valence-corrected chi connectivity index (χ2v) is 5.57. The number of nitrogens with zero attached hydrogens (tertiary/aromatic N) is 2. The van der Waals surface area contributed by atoms with E-state index in [0.717, 1.165) is 15.3 Å². The summed E-state index contributed by atoms with van der Waals surface area (Å²) in [5.74, 6) is -0.916. The van der Waals surface area contributed by atoms with Crippen molar-refractivity contribution >= 4 is 40.5 Å². The third kappa shape index (κ3) is 5.20. The number of halogens is 1. The average Bonchev–Trinajstić information content (AvgIpc) is 2.40. The van der Waals surface area contributed by atoms with Crippen molar-refractivity contribution in [2.75, 3.05) is 0 Å². The Morgan fingerprint density at radius 3 is 2.55 bits per heavy atom. The maximum atomic E-state index is 11.8. The summed E-state index contributed by atoms with van der Waals surface area (Å²) in [4.78, 5) is 26.1. The molecule has 0 aromatic heterocycles. The van der Waals surface area contributed by atoms with E-state index in [4.69, 9.17) is 11.3 Å². The molecule has 0 aliphatic heterocycles. The van der Waals surface area contributed by atoms with Crippen LogP contribution in [0.4, 0.5) is 0 Å². The van der Waals surface area contributed by atoms with Crippen LogP contribution in [-0.4, -0.2) is 34.8 Å². The zero-order valence-electron chi connectivity index (χ0n) is 10.9. The minimum atomic E-state index is -0.801. The molecule has 2 atom stereocenters. The SMILES string of the molecule is C[C@H](N)C(=O)N[C@@H](Cc1ccc(I)cc1)C(=O)C=[N+]=[N-]. The van der Waals surface area contributed by atoms with Gasteiger partial charge in [0.2, 0.25) is 5.91 Å². The second kappa shape index (κ2) is 7.88. The molecule has 106 valence electrons. The van der Waals surface area contributed by atoms with Gasteiger partial charge >= 0.3 is 6.21 Å². The molecule has 1 aromatic rings. The molecule has 0 radical (unpaired) electrons. The van der Waals surface area contributed by atoms with E-state index < -0.39 is 23.8 Å². The molecule has 3 N–H and O–H groups in total. The first-order valence-corrected chi connectivity index (χ1v) is 7.03. The fourth-order valence-electron chi connectivity index (χ4n) is 1.53.